The lowest BCUT2D eigenvalue weighted by Gasteiger charge is -2.26. The number of fused-ring (bicyclic) bond motifs is 2. The van der Waals surface area contributed by atoms with Crippen molar-refractivity contribution in [1.29, 1.82) is 0 Å². The number of anilines is 1. The summed E-state index contributed by atoms with van der Waals surface area (Å²) in [4.78, 5) is 32.9. The van der Waals surface area contributed by atoms with Gasteiger partial charge in [0.1, 0.15) is 16.0 Å². The van der Waals surface area contributed by atoms with E-state index in [1.165, 1.54) is 41.0 Å². The van der Waals surface area contributed by atoms with E-state index in [9.17, 15) is 18.0 Å². The SMILES string of the molecule is COC(=O)c1c(NC(=O)COn2nnc3ccc(S(=O)(=O)N4CCOCC4)cc32)sc2c1CC[C@H](C)C2. The molecule has 1 aromatic carbocycles. The number of nitrogens with one attached hydrogen (secondary N) is 1. The Bertz CT molecular complexity index is 1440. The maximum atomic E-state index is 13.0. The summed E-state index contributed by atoms with van der Waals surface area (Å²) in [5.74, 6) is -0.488. The monoisotopic (exact) mass is 549 g/mol. The van der Waals surface area contributed by atoms with Crippen LogP contribution in [0, 0.1) is 5.92 Å². The van der Waals surface area contributed by atoms with Crippen molar-refractivity contribution in [1.82, 2.24) is 19.5 Å². The van der Waals surface area contributed by atoms with Gasteiger partial charge in [-0.1, -0.05) is 11.8 Å². The molecule has 12 nitrogen and oxygen atoms in total. The van der Waals surface area contributed by atoms with E-state index >= 15 is 0 Å². The second-order valence-corrected chi connectivity index (χ2v) is 12.0. The van der Waals surface area contributed by atoms with Gasteiger partial charge in [-0.25, -0.2) is 13.2 Å². The van der Waals surface area contributed by atoms with Gasteiger partial charge in [0.2, 0.25) is 10.0 Å². The Kier molecular flexibility index (Phi) is 7.16. The van der Waals surface area contributed by atoms with Crippen LogP contribution in [-0.2, 0) is 37.1 Å². The van der Waals surface area contributed by atoms with Crippen molar-refractivity contribution in [3.8, 4) is 0 Å². The molecule has 3 heterocycles. The van der Waals surface area contributed by atoms with Gasteiger partial charge in [0.25, 0.3) is 5.91 Å². The highest BCUT2D eigenvalue weighted by molar-refractivity contribution is 7.89. The van der Waals surface area contributed by atoms with Crippen LogP contribution in [0.25, 0.3) is 11.0 Å². The quantitative estimate of drug-likeness (QED) is 0.434. The number of thiophene rings is 1. The number of sulfonamides is 1. The number of carbonyl (C=O) groups excluding carboxylic acids is 2. The number of esters is 1. The minimum Gasteiger partial charge on any atom is -0.465 e. The lowest BCUT2D eigenvalue weighted by molar-refractivity contribution is -0.121. The van der Waals surface area contributed by atoms with Gasteiger partial charge < -0.3 is 19.6 Å². The van der Waals surface area contributed by atoms with Gasteiger partial charge in [-0.05, 0) is 54.2 Å². The molecule has 1 atom stereocenters. The highest BCUT2D eigenvalue weighted by Crippen LogP contribution is 2.40. The highest BCUT2D eigenvalue weighted by atomic mass is 32.2. The van der Waals surface area contributed by atoms with E-state index in [1.54, 1.807) is 0 Å². The number of benzene rings is 1. The molecule has 1 aliphatic heterocycles. The van der Waals surface area contributed by atoms with Gasteiger partial charge in [-0.3, -0.25) is 4.79 Å². The second kappa shape index (κ2) is 10.4. The second-order valence-electron chi connectivity index (χ2n) is 9.00. The van der Waals surface area contributed by atoms with Crippen LogP contribution >= 0.6 is 11.3 Å². The summed E-state index contributed by atoms with van der Waals surface area (Å²) in [5, 5.41) is 11.1. The number of hydrogen-bond acceptors (Lipinski definition) is 10. The molecule has 2 aliphatic rings. The molecule has 1 saturated heterocycles. The molecule has 0 saturated carbocycles. The van der Waals surface area contributed by atoms with E-state index in [2.05, 4.69) is 22.6 Å². The number of hydrogen-bond donors (Lipinski definition) is 1. The molecule has 0 radical (unpaired) electrons. The van der Waals surface area contributed by atoms with Crippen LogP contribution in [0.5, 0.6) is 0 Å². The Labute approximate surface area is 217 Å². The first kappa shape index (κ1) is 25.6. The van der Waals surface area contributed by atoms with Crippen LogP contribution < -0.4 is 10.2 Å². The molecule has 0 unspecified atom stereocenters. The maximum Gasteiger partial charge on any atom is 0.341 e. The number of amides is 1. The first-order chi connectivity index (χ1) is 17.8. The molecule has 2 aromatic heterocycles. The average Bonchev–Trinajstić information content (AvgIpc) is 3.47. The van der Waals surface area contributed by atoms with Gasteiger partial charge >= 0.3 is 5.97 Å². The zero-order chi connectivity index (χ0) is 26.2. The Morgan fingerprint density at radius 3 is 2.81 bits per heavy atom. The summed E-state index contributed by atoms with van der Waals surface area (Å²) in [6.45, 7) is 2.94. The summed E-state index contributed by atoms with van der Waals surface area (Å²) in [5.41, 5.74) is 2.04. The molecule has 0 bridgehead atoms. The van der Waals surface area contributed by atoms with Crippen LogP contribution in [0.15, 0.2) is 23.1 Å². The molecule has 3 aromatic rings. The summed E-state index contributed by atoms with van der Waals surface area (Å²) < 4.78 is 37.6. The fourth-order valence-corrected chi connectivity index (χ4v) is 7.35. The molecule has 1 N–H and O–H groups in total. The molecule has 1 aliphatic carbocycles. The first-order valence-electron chi connectivity index (χ1n) is 11.9. The van der Waals surface area contributed by atoms with Crippen LogP contribution in [0.3, 0.4) is 0 Å². The summed E-state index contributed by atoms with van der Waals surface area (Å²) >= 11 is 1.38. The van der Waals surface area contributed by atoms with E-state index in [4.69, 9.17) is 14.3 Å². The van der Waals surface area contributed by atoms with Crippen LogP contribution in [0.1, 0.15) is 34.1 Å². The number of ether oxygens (including phenoxy) is 2. The fraction of sp³-hybridized carbons (Fsp3) is 0.478. The Morgan fingerprint density at radius 1 is 1.27 bits per heavy atom. The third kappa shape index (κ3) is 5.06. The number of nitrogens with zero attached hydrogens (tertiary/aromatic N) is 4. The number of morpholine rings is 1. The standard InChI is InChI=1S/C23H27N5O7S2/c1-14-3-5-16-19(11-14)36-22(21(16)23(30)33-2)24-20(29)13-35-28-18-12-15(4-6-17(18)25-26-28)37(31,32)27-7-9-34-10-8-27/h4,6,12,14H,3,5,7-11,13H2,1-2H3,(H,24,29)/t14-/m0/s1. The van der Waals surface area contributed by atoms with E-state index in [0.717, 1.165) is 34.5 Å². The van der Waals surface area contributed by atoms with Crippen LogP contribution in [0.4, 0.5) is 5.00 Å². The molecule has 0 spiro atoms. The third-order valence-electron chi connectivity index (χ3n) is 6.47. The fourth-order valence-electron chi connectivity index (χ4n) is 4.51. The lowest BCUT2D eigenvalue weighted by Crippen LogP contribution is -2.40. The van der Waals surface area contributed by atoms with Crippen molar-refractivity contribution < 1.29 is 32.3 Å². The predicted molar refractivity (Wildman–Crippen MR) is 134 cm³/mol. The smallest absolute Gasteiger partial charge is 0.341 e. The minimum absolute atomic E-state index is 0.0691. The average molecular weight is 550 g/mol. The molecule has 5 rings (SSSR count). The molecular formula is C23H27N5O7S2. The number of methoxy groups -OCH3 is 1. The number of aromatic nitrogens is 3. The van der Waals surface area contributed by atoms with Crippen molar-refractivity contribution in [2.45, 2.75) is 31.1 Å². The van der Waals surface area contributed by atoms with Crippen molar-refractivity contribution in [3.05, 3.63) is 34.2 Å². The number of carbonyl (C=O) groups is 2. The Morgan fingerprint density at radius 2 is 2.05 bits per heavy atom. The zero-order valence-corrected chi connectivity index (χ0v) is 22.1. The molecule has 14 heteroatoms. The largest absolute Gasteiger partial charge is 0.465 e. The topological polar surface area (TPSA) is 142 Å². The lowest BCUT2D eigenvalue weighted by atomic mass is 9.88. The normalized spacial score (nSPS) is 18.4. The van der Waals surface area contributed by atoms with E-state index in [1.807, 2.05) is 0 Å². The Balaban J connectivity index is 1.32. The van der Waals surface area contributed by atoms with Gasteiger partial charge in [0.05, 0.1) is 30.8 Å². The van der Waals surface area contributed by atoms with Crippen molar-refractivity contribution in [2.24, 2.45) is 5.92 Å². The number of rotatable bonds is 7. The van der Waals surface area contributed by atoms with Gasteiger partial charge in [0, 0.05) is 18.0 Å². The highest BCUT2D eigenvalue weighted by Gasteiger charge is 2.30. The van der Waals surface area contributed by atoms with Gasteiger partial charge in [0.15, 0.2) is 6.61 Å². The van der Waals surface area contributed by atoms with E-state index in [0.29, 0.717) is 40.7 Å². The van der Waals surface area contributed by atoms with Crippen LogP contribution in [-0.4, -0.2) is 79.8 Å². The predicted octanol–water partition coefficient (Wildman–Crippen LogP) is 1.49. The molecule has 1 amide bonds. The molecular weight excluding hydrogens is 522 g/mol. The van der Waals surface area contributed by atoms with E-state index in [-0.39, 0.29) is 18.0 Å². The first-order valence-corrected chi connectivity index (χ1v) is 14.1. The van der Waals surface area contributed by atoms with Gasteiger partial charge in [-0.15, -0.1) is 16.4 Å². The maximum absolute atomic E-state index is 13.0. The summed E-state index contributed by atoms with van der Waals surface area (Å²) in [6.07, 6.45) is 2.56. The van der Waals surface area contributed by atoms with Gasteiger partial charge in [-0.2, -0.15) is 4.31 Å². The molecule has 37 heavy (non-hydrogen) atoms. The Hall–Kier alpha value is -3.07. The third-order valence-corrected chi connectivity index (χ3v) is 9.53. The van der Waals surface area contributed by atoms with Crippen LogP contribution in [0.2, 0.25) is 0 Å². The zero-order valence-electron chi connectivity index (χ0n) is 20.4. The molecule has 198 valence electrons. The molecule has 1 fully saturated rings. The van der Waals surface area contributed by atoms with E-state index < -0.39 is 28.5 Å². The van der Waals surface area contributed by atoms with Crippen molar-refractivity contribution >= 4 is 49.3 Å². The van der Waals surface area contributed by atoms with Crippen molar-refractivity contribution in [2.75, 3.05) is 45.3 Å². The summed E-state index contributed by atoms with van der Waals surface area (Å²) in [7, 11) is -2.42. The minimum atomic E-state index is -3.73. The van der Waals surface area contributed by atoms with Crippen molar-refractivity contribution in [3.63, 3.8) is 0 Å². The summed E-state index contributed by atoms with van der Waals surface area (Å²) in [6, 6.07) is 4.42.